The van der Waals surface area contributed by atoms with E-state index in [1.165, 1.54) is 0 Å². The van der Waals surface area contributed by atoms with Gasteiger partial charge in [0.1, 0.15) is 5.01 Å². The van der Waals surface area contributed by atoms with Gasteiger partial charge in [-0.3, -0.25) is 4.99 Å². The predicted octanol–water partition coefficient (Wildman–Crippen LogP) is 3.83. The van der Waals surface area contributed by atoms with E-state index in [1.807, 2.05) is 13.0 Å². The van der Waals surface area contributed by atoms with Crippen LogP contribution in [-0.4, -0.2) is 29.6 Å². The van der Waals surface area contributed by atoms with E-state index in [9.17, 15) is 13.2 Å². The summed E-state index contributed by atoms with van der Waals surface area (Å²) in [4.78, 5) is 11.8. The number of ether oxygens (including phenoxy) is 1. The Hall–Kier alpha value is -1.63. The number of halogens is 4. The van der Waals surface area contributed by atoms with Crippen molar-refractivity contribution in [3.8, 4) is 5.88 Å². The fourth-order valence-corrected chi connectivity index (χ4v) is 2.64. The molecule has 0 amide bonds. The molecule has 0 saturated carbocycles. The zero-order chi connectivity index (χ0) is 19.0. The Balaban J connectivity index is 0.00000364. The summed E-state index contributed by atoms with van der Waals surface area (Å²) in [5, 5.41) is 7.34. The van der Waals surface area contributed by atoms with Crippen LogP contribution in [0.1, 0.15) is 29.6 Å². The van der Waals surface area contributed by atoms with Gasteiger partial charge in [-0.15, -0.1) is 35.3 Å². The third-order valence-electron chi connectivity index (χ3n) is 3.18. The van der Waals surface area contributed by atoms with E-state index in [0.29, 0.717) is 30.0 Å². The lowest BCUT2D eigenvalue weighted by atomic mass is 10.3. The molecule has 0 bridgehead atoms. The Morgan fingerprint density at radius 2 is 2.00 bits per heavy atom. The molecule has 2 aromatic heterocycles. The summed E-state index contributed by atoms with van der Waals surface area (Å²) < 4.78 is 43.1. The third kappa shape index (κ3) is 7.87. The van der Waals surface area contributed by atoms with Crippen LogP contribution in [0, 0.1) is 0 Å². The summed E-state index contributed by atoms with van der Waals surface area (Å²) in [6, 6.07) is 3.67. The molecule has 6 nitrogen and oxygen atoms in total. The van der Waals surface area contributed by atoms with Crippen LogP contribution in [-0.2, 0) is 19.3 Å². The van der Waals surface area contributed by atoms with Crippen molar-refractivity contribution in [2.75, 3.05) is 13.7 Å². The number of nitrogens with zero attached hydrogens (tertiary/aromatic N) is 3. The van der Waals surface area contributed by atoms with E-state index in [1.54, 1.807) is 19.3 Å². The molecule has 0 unspecified atom stereocenters. The molecular weight excluding hydrogens is 494 g/mol. The van der Waals surface area contributed by atoms with Gasteiger partial charge < -0.3 is 15.4 Å². The molecule has 0 saturated heterocycles. The third-order valence-corrected chi connectivity index (χ3v) is 4.03. The monoisotopic (exact) mass is 515 g/mol. The maximum absolute atomic E-state index is 12.5. The van der Waals surface area contributed by atoms with Gasteiger partial charge in [-0.25, -0.2) is 9.97 Å². The van der Waals surface area contributed by atoms with Gasteiger partial charge in [0.25, 0.3) is 0 Å². The largest absolute Gasteiger partial charge is 0.478 e. The second-order valence-electron chi connectivity index (χ2n) is 5.26. The van der Waals surface area contributed by atoms with Crippen molar-refractivity contribution < 1.29 is 17.9 Å². The number of rotatable bonds is 7. The molecular formula is C16H21F3IN5OS. The highest BCUT2D eigenvalue weighted by Gasteiger charge is 2.33. The van der Waals surface area contributed by atoms with Crippen LogP contribution >= 0.6 is 35.3 Å². The molecule has 2 heterocycles. The molecule has 2 rings (SSSR count). The summed E-state index contributed by atoms with van der Waals surface area (Å²) in [6.45, 7) is 3.26. The lowest BCUT2D eigenvalue weighted by Crippen LogP contribution is -2.36. The first-order valence-electron chi connectivity index (χ1n) is 7.96. The van der Waals surface area contributed by atoms with Gasteiger partial charge >= 0.3 is 6.18 Å². The lowest BCUT2D eigenvalue weighted by molar-refractivity contribution is -0.140. The van der Waals surface area contributed by atoms with Crippen molar-refractivity contribution in [3.05, 3.63) is 40.0 Å². The summed E-state index contributed by atoms with van der Waals surface area (Å²) >= 11 is 0.951. The minimum Gasteiger partial charge on any atom is -0.478 e. The maximum Gasteiger partial charge on any atom is 0.434 e. The number of guanidine groups is 1. The van der Waals surface area contributed by atoms with Gasteiger partial charge in [-0.1, -0.05) is 13.0 Å². The number of hydrogen-bond acceptors (Lipinski definition) is 5. The quantitative estimate of drug-likeness (QED) is 0.334. The number of nitrogens with one attached hydrogen (secondary N) is 2. The highest BCUT2D eigenvalue weighted by molar-refractivity contribution is 14.0. The number of thiazole rings is 1. The average molecular weight is 515 g/mol. The zero-order valence-corrected chi connectivity index (χ0v) is 18.0. The maximum atomic E-state index is 12.5. The van der Waals surface area contributed by atoms with Gasteiger partial charge in [0.15, 0.2) is 11.7 Å². The molecule has 0 radical (unpaired) electrons. The Kier molecular flexibility index (Phi) is 9.77. The normalized spacial score (nSPS) is 11.7. The van der Waals surface area contributed by atoms with Crippen LogP contribution < -0.4 is 15.4 Å². The van der Waals surface area contributed by atoms with Crippen molar-refractivity contribution in [1.29, 1.82) is 0 Å². The summed E-state index contributed by atoms with van der Waals surface area (Å²) in [5.74, 6) is 1.03. The second-order valence-corrected chi connectivity index (χ2v) is 6.20. The van der Waals surface area contributed by atoms with Gasteiger partial charge in [-0.2, -0.15) is 13.2 Å². The van der Waals surface area contributed by atoms with Crippen LogP contribution in [0.4, 0.5) is 13.2 Å². The molecule has 0 aromatic carbocycles. The van der Waals surface area contributed by atoms with Crippen molar-refractivity contribution in [2.45, 2.75) is 32.6 Å². The lowest BCUT2D eigenvalue weighted by Gasteiger charge is -2.11. The number of aliphatic imine (C=N–C) groups is 1. The SMILES string of the molecule is CCCOc1ccc(CNC(=NC)NCc2nc(C(F)(F)F)cs2)cn1.I. The molecule has 2 aromatic rings. The first kappa shape index (κ1) is 23.4. The molecule has 27 heavy (non-hydrogen) atoms. The predicted molar refractivity (Wildman–Crippen MR) is 110 cm³/mol. The van der Waals surface area contributed by atoms with E-state index >= 15 is 0 Å². The highest BCUT2D eigenvalue weighted by atomic mass is 127. The summed E-state index contributed by atoms with van der Waals surface area (Å²) in [5.41, 5.74) is 0.0455. The first-order valence-corrected chi connectivity index (χ1v) is 8.84. The molecule has 0 fully saturated rings. The van der Waals surface area contributed by atoms with Crippen LogP contribution in [0.2, 0.25) is 0 Å². The average Bonchev–Trinajstić information content (AvgIpc) is 3.10. The topological polar surface area (TPSA) is 71.4 Å². The number of hydrogen-bond donors (Lipinski definition) is 2. The number of aromatic nitrogens is 2. The van der Waals surface area contributed by atoms with Crippen LogP contribution in [0.5, 0.6) is 5.88 Å². The number of alkyl halides is 3. The van der Waals surface area contributed by atoms with E-state index in [-0.39, 0.29) is 30.5 Å². The van der Waals surface area contributed by atoms with E-state index in [0.717, 1.165) is 28.7 Å². The van der Waals surface area contributed by atoms with Gasteiger partial charge in [-0.05, 0) is 12.0 Å². The standard InChI is InChI=1S/C16H20F3N5OS.HI/c1-3-6-25-13-5-4-11(7-21-13)8-22-15(20-2)23-9-14-24-12(10-26-14)16(17,18)19;/h4-5,7,10H,3,6,8-9H2,1-2H3,(H2,20,22,23);1H. The van der Waals surface area contributed by atoms with E-state index in [2.05, 4.69) is 25.6 Å². The van der Waals surface area contributed by atoms with Crippen molar-refractivity contribution >= 4 is 41.3 Å². The second kappa shape index (κ2) is 11.3. The number of pyridine rings is 1. The van der Waals surface area contributed by atoms with E-state index in [4.69, 9.17) is 4.74 Å². The first-order chi connectivity index (χ1) is 12.4. The van der Waals surface area contributed by atoms with Gasteiger partial charge in [0.05, 0.1) is 13.2 Å². The molecule has 150 valence electrons. The molecule has 0 atom stereocenters. The molecule has 0 aliphatic heterocycles. The molecule has 2 N–H and O–H groups in total. The van der Waals surface area contributed by atoms with Crippen LogP contribution in [0.3, 0.4) is 0 Å². The smallest absolute Gasteiger partial charge is 0.434 e. The molecule has 0 spiro atoms. The van der Waals surface area contributed by atoms with Gasteiger partial charge in [0.2, 0.25) is 5.88 Å². The highest BCUT2D eigenvalue weighted by Crippen LogP contribution is 2.29. The van der Waals surface area contributed by atoms with E-state index < -0.39 is 11.9 Å². The molecule has 0 aliphatic rings. The fourth-order valence-electron chi connectivity index (χ4n) is 1.90. The fraction of sp³-hybridized carbons (Fsp3) is 0.438. The Bertz CT molecular complexity index is 722. The van der Waals surface area contributed by atoms with Gasteiger partial charge in [0, 0.05) is 31.2 Å². The summed E-state index contributed by atoms with van der Waals surface area (Å²) in [6.07, 6.45) is -1.81. The zero-order valence-electron chi connectivity index (χ0n) is 14.8. The Labute approximate surface area is 176 Å². The van der Waals surface area contributed by atoms with Crippen molar-refractivity contribution in [1.82, 2.24) is 20.6 Å². The summed E-state index contributed by atoms with van der Waals surface area (Å²) in [7, 11) is 1.58. The van der Waals surface area contributed by atoms with Crippen LogP contribution in [0.15, 0.2) is 28.7 Å². The Morgan fingerprint density at radius 1 is 1.26 bits per heavy atom. The Morgan fingerprint density at radius 3 is 2.56 bits per heavy atom. The molecule has 0 aliphatic carbocycles. The minimum absolute atomic E-state index is 0. The van der Waals surface area contributed by atoms with Crippen molar-refractivity contribution in [2.24, 2.45) is 4.99 Å². The van der Waals surface area contributed by atoms with Crippen molar-refractivity contribution in [3.63, 3.8) is 0 Å². The minimum atomic E-state index is -4.42. The molecule has 11 heteroatoms. The van der Waals surface area contributed by atoms with Crippen LogP contribution in [0.25, 0.3) is 0 Å².